The van der Waals surface area contributed by atoms with Gasteiger partial charge in [0.2, 0.25) is 0 Å². The SMILES string of the molecule is COC(=O)c1ccc(N2CC3(CCC(c4ccccc4)CC3)N(CC3CCC3)C2=O)cc1. The molecule has 0 N–H and O–H groups in total. The van der Waals surface area contributed by atoms with Gasteiger partial charge in [-0.2, -0.15) is 0 Å². The lowest BCUT2D eigenvalue weighted by atomic mass is 9.73. The van der Waals surface area contributed by atoms with Crippen LogP contribution >= 0.6 is 0 Å². The quantitative estimate of drug-likeness (QED) is 0.577. The van der Waals surface area contributed by atoms with E-state index in [2.05, 4.69) is 35.2 Å². The van der Waals surface area contributed by atoms with E-state index < -0.39 is 0 Å². The Morgan fingerprint density at radius 2 is 1.69 bits per heavy atom. The minimum absolute atomic E-state index is 0.0844. The fraction of sp³-hybridized carbons (Fsp3) is 0.481. The first-order valence-electron chi connectivity index (χ1n) is 11.9. The molecule has 2 saturated carbocycles. The average Bonchev–Trinajstić information content (AvgIpc) is 3.07. The number of carbonyl (C=O) groups excluding carboxylic acids is 2. The summed E-state index contributed by atoms with van der Waals surface area (Å²) < 4.78 is 4.81. The largest absolute Gasteiger partial charge is 0.465 e. The zero-order valence-corrected chi connectivity index (χ0v) is 18.8. The van der Waals surface area contributed by atoms with Gasteiger partial charge < -0.3 is 9.64 Å². The molecule has 1 heterocycles. The molecule has 0 radical (unpaired) electrons. The highest BCUT2D eigenvalue weighted by Gasteiger charge is 2.52. The zero-order chi connectivity index (χ0) is 22.1. The minimum atomic E-state index is -0.355. The van der Waals surface area contributed by atoms with Crippen molar-refractivity contribution in [2.75, 3.05) is 25.1 Å². The number of ether oxygens (including phenoxy) is 1. The number of carbonyl (C=O) groups is 2. The standard InChI is InChI=1S/C27H32N2O3/c1-32-25(30)23-10-12-24(13-11-23)28-19-27(29(26(28)31)18-20-6-5-7-20)16-14-22(15-17-27)21-8-3-2-4-9-21/h2-4,8-13,20,22H,5-7,14-19H2,1H3. The summed E-state index contributed by atoms with van der Waals surface area (Å²) in [7, 11) is 1.38. The van der Waals surface area contributed by atoms with Gasteiger partial charge in [-0.15, -0.1) is 0 Å². The van der Waals surface area contributed by atoms with E-state index in [1.807, 2.05) is 17.0 Å². The second-order valence-corrected chi connectivity index (χ2v) is 9.72. The Bertz CT molecular complexity index is 960. The molecular formula is C27H32N2O3. The lowest BCUT2D eigenvalue weighted by molar-refractivity contribution is 0.0600. The Labute approximate surface area is 190 Å². The number of anilines is 1. The Hall–Kier alpha value is -2.82. The van der Waals surface area contributed by atoms with Crippen LogP contribution in [-0.2, 0) is 4.74 Å². The van der Waals surface area contributed by atoms with Crippen LogP contribution in [0.3, 0.4) is 0 Å². The molecule has 1 spiro atoms. The second-order valence-electron chi connectivity index (χ2n) is 9.72. The van der Waals surface area contributed by atoms with Gasteiger partial charge in [0.05, 0.1) is 24.8 Å². The fourth-order valence-corrected chi connectivity index (χ4v) is 5.74. The molecule has 0 atom stereocenters. The molecule has 168 valence electrons. The fourth-order valence-electron chi connectivity index (χ4n) is 5.74. The maximum absolute atomic E-state index is 13.6. The van der Waals surface area contributed by atoms with Crippen molar-refractivity contribution in [2.24, 2.45) is 5.92 Å². The number of methoxy groups -OCH3 is 1. The smallest absolute Gasteiger partial charge is 0.337 e. The van der Waals surface area contributed by atoms with Crippen molar-refractivity contribution in [1.29, 1.82) is 0 Å². The Morgan fingerprint density at radius 1 is 1.00 bits per heavy atom. The predicted octanol–water partition coefficient (Wildman–Crippen LogP) is 5.61. The van der Waals surface area contributed by atoms with Crippen LogP contribution in [0.15, 0.2) is 54.6 Å². The Balaban J connectivity index is 1.37. The third-order valence-corrected chi connectivity index (χ3v) is 7.94. The van der Waals surface area contributed by atoms with Crippen molar-refractivity contribution >= 4 is 17.7 Å². The van der Waals surface area contributed by atoms with E-state index in [-0.39, 0.29) is 17.5 Å². The summed E-state index contributed by atoms with van der Waals surface area (Å²) in [6.07, 6.45) is 8.08. The van der Waals surface area contributed by atoms with E-state index in [1.165, 1.54) is 31.9 Å². The van der Waals surface area contributed by atoms with Crippen LogP contribution in [0.4, 0.5) is 10.5 Å². The van der Waals surface area contributed by atoms with Gasteiger partial charge in [0.1, 0.15) is 0 Å². The number of benzene rings is 2. The van der Waals surface area contributed by atoms with Gasteiger partial charge in [-0.3, -0.25) is 4.90 Å². The molecule has 5 heteroatoms. The molecule has 2 aliphatic carbocycles. The first-order chi connectivity index (χ1) is 15.6. The molecule has 2 aromatic carbocycles. The van der Waals surface area contributed by atoms with Gasteiger partial charge in [0.25, 0.3) is 0 Å². The summed E-state index contributed by atoms with van der Waals surface area (Å²) in [5, 5.41) is 0. The Kier molecular flexibility index (Phi) is 5.66. The van der Waals surface area contributed by atoms with Crippen LogP contribution in [-0.4, -0.2) is 42.6 Å². The molecule has 5 nitrogen and oxygen atoms in total. The van der Waals surface area contributed by atoms with E-state index >= 15 is 0 Å². The van der Waals surface area contributed by atoms with Gasteiger partial charge in [0, 0.05) is 12.2 Å². The minimum Gasteiger partial charge on any atom is -0.465 e. The van der Waals surface area contributed by atoms with Crippen molar-refractivity contribution in [1.82, 2.24) is 4.90 Å². The van der Waals surface area contributed by atoms with Crippen LogP contribution in [0.5, 0.6) is 0 Å². The summed E-state index contributed by atoms with van der Waals surface area (Å²) in [6.45, 7) is 1.61. The number of nitrogens with zero attached hydrogens (tertiary/aromatic N) is 2. The van der Waals surface area contributed by atoms with Gasteiger partial charge in [-0.25, -0.2) is 9.59 Å². The molecule has 2 aromatic rings. The molecule has 2 amide bonds. The first kappa shape index (κ1) is 21.0. The van der Waals surface area contributed by atoms with Gasteiger partial charge >= 0.3 is 12.0 Å². The number of rotatable bonds is 5. The third-order valence-electron chi connectivity index (χ3n) is 7.94. The van der Waals surface area contributed by atoms with E-state index in [1.54, 1.807) is 12.1 Å². The van der Waals surface area contributed by atoms with Gasteiger partial charge in [0.15, 0.2) is 0 Å². The number of urea groups is 1. The van der Waals surface area contributed by atoms with Crippen LogP contribution in [0.1, 0.15) is 66.8 Å². The van der Waals surface area contributed by atoms with Crippen LogP contribution < -0.4 is 4.90 Å². The highest BCUT2D eigenvalue weighted by Crippen LogP contribution is 2.46. The van der Waals surface area contributed by atoms with Crippen molar-refractivity contribution in [2.45, 2.75) is 56.4 Å². The lowest BCUT2D eigenvalue weighted by Gasteiger charge is -2.44. The number of esters is 1. The van der Waals surface area contributed by atoms with E-state index in [0.29, 0.717) is 17.4 Å². The molecule has 0 unspecified atom stereocenters. The average molecular weight is 433 g/mol. The van der Waals surface area contributed by atoms with E-state index in [9.17, 15) is 9.59 Å². The van der Waals surface area contributed by atoms with Crippen LogP contribution in [0.25, 0.3) is 0 Å². The van der Waals surface area contributed by atoms with Gasteiger partial charge in [-0.1, -0.05) is 36.8 Å². The number of hydrogen-bond donors (Lipinski definition) is 0. The van der Waals surface area contributed by atoms with Crippen LogP contribution in [0, 0.1) is 5.92 Å². The topological polar surface area (TPSA) is 49.9 Å². The summed E-state index contributed by atoms with van der Waals surface area (Å²) in [5.74, 6) is 0.867. The third kappa shape index (κ3) is 3.78. The highest BCUT2D eigenvalue weighted by atomic mass is 16.5. The molecule has 3 fully saturated rings. The first-order valence-corrected chi connectivity index (χ1v) is 11.9. The van der Waals surface area contributed by atoms with Crippen molar-refractivity contribution in [3.05, 3.63) is 65.7 Å². The monoisotopic (exact) mass is 432 g/mol. The summed E-state index contributed by atoms with van der Waals surface area (Å²) in [6, 6.07) is 18.2. The van der Waals surface area contributed by atoms with Gasteiger partial charge in [-0.05, 0) is 80.2 Å². The number of hydrogen-bond acceptors (Lipinski definition) is 3. The van der Waals surface area contributed by atoms with Crippen molar-refractivity contribution in [3.63, 3.8) is 0 Å². The van der Waals surface area contributed by atoms with Crippen LogP contribution in [0.2, 0.25) is 0 Å². The normalized spacial score (nSPS) is 25.8. The summed E-state index contributed by atoms with van der Waals surface area (Å²) >= 11 is 0. The van der Waals surface area contributed by atoms with E-state index in [4.69, 9.17) is 4.74 Å². The Morgan fingerprint density at radius 3 is 2.28 bits per heavy atom. The van der Waals surface area contributed by atoms with Crippen molar-refractivity contribution < 1.29 is 14.3 Å². The molecular weight excluding hydrogens is 400 g/mol. The molecule has 5 rings (SSSR count). The van der Waals surface area contributed by atoms with E-state index in [0.717, 1.165) is 44.5 Å². The maximum Gasteiger partial charge on any atom is 0.337 e. The maximum atomic E-state index is 13.6. The predicted molar refractivity (Wildman–Crippen MR) is 125 cm³/mol. The second kappa shape index (κ2) is 8.61. The van der Waals surface area contributed by atoms with Crippen molar-refractivity contribution in [3.8, 4) is 0 Å². The molecule has 3 aliphatic rings. The number of amides is 2. The summed E-state index contributed by atoms with van der Waals surface area (Å²) in [5.41, 5.74) is 2.71. The zero-order valence-electron chi connectivity index (χ0n) is 18.8. The molecule has 32 heavy (non-hydrogen) atoms. The molecule has 0 aromatic heterocycles. The lowest BCUT2D eigenvalue weighted by Crippen LogP contribution is -2.51. The molecule has 0 bridgehead atoms. The summed E-state index contributed by atoms with van der Waals surface area (Å²) in [4.78, 5) is 29.6. The molecule has 1 aliphatic heterocycles. The highest BCUT2D eigenvalue weighted by molar-refractivity contribution is 5.96. The molecule has 1 saturated heterocycles.